The van der Waals surface area contributed by atoms with Gasteiger partial charge in [0.25, 0.3) is 5.91 Å². The van der Waals surface area contributed by atoms with E-state index < -0.39 is 5.60 Å². The van der Waals surface area contributed by atoms with Crippen molar-refractivity contribution < 1.29 is 9.90 Å². The van der Waals surface area contributed by atoms with Gasteiger partial charge < -0.3 is 10.0 Å². The summed E-state index contributed by atoms with van der Waals surface area (Å²) >= 11 is 0. The molecule has 1 aliphatic heterocycles. The van der Waals surface area contributed by atoms with Crippen molar-refractivity contribution in [3.05, 3.63) is 59.5 Å². The number of carbonyl (C=O) groups is 1. The minimum atomic E-state index is -0.927. The maximum absolute atomic E-state index is 12.6. The Morgan fingerprint density at radius 2 is 2.07 bits per heavy atom. The summed E-state index contributed by atoms with van der Waals surface area (Å²) in [6.45, 7) is 6.15. The van der Waals surface area contributed by atoms with Gasteiger partial charge in [-0.15, -0.1) is 5.10 Å². The summed E-state index contributed by atoms with van der Waals surface area (Å²) in [5.74, 6) is -0.0468. The van der Waals surface area contributed by atoms with Crippen LogP contribution >= 0.6 is 0 Å². The number of aliphatic hydroxyl groups is 1. The van der Waals surface area contributed by atoms with Gasteiger partial charge in [-0.1, -0.05) is 11.3 Å². The molecule has 0 fully saturated rings. The normalized spacial score (nSPS) is 13.9. The van der Waals surface area contributed by atoms with Crippen LogP contribution in [0.25, 0.3) is 16.9 Å². The number of aromatic nitrogens is 4. The van der Waals surface area contributed by atoms with Crippen molar-refractivity contribution in [3.8, 4) is 16.9 Å². The van der Waals surface area contributed by atoms with E-state index in [1.54, 1.807) is 35.8 Å². The lowest BCUT2D eigenvalue weighted by Gasteiger charge is -2.24. The fourth-order valence-corrected chi connectivity index (χ4v) is 3.44. The van der Waals surface area contributed by atoms with Crippen LogP contribution in [-0.2, 0) is 6.54 Å². The third-order valence-electron chi connectivity index (χ3n) is 4.62. The van der Waals surface area contributed by atoms with Crippen LogP contribution in [0.15, 0.2) is 42.7 Å². The number of hydrogen-bond acceptors (Lipinski definition) is 5. The summed E-state index contributed by atoms with van der Waals surface area (Å²) in [7, 11) is 0. The largest absolute Gasteiger partial charge is 0.389 e. The molecule has 1 amide bonds. The lowest BCUT2D eigenvalue weighted by atomic mass is 10.0. The Morgan fingerprint density at radius 3 is 2.78 bits per heavy atom. The number of β-amino-alcohol motifs (C(OH)–C–C–N with tert-alkyl or cyclic N) is 1. The van der Waals surface area contributed by atoms with E-state index in [1.165, 1.54) is 0 Å². The first kappa shape index (κ1) is 17.4. The molecule has 7 heteroatoms. The second-order valence-corrected chi connectivity index (χ2v) is 7.49. The van der Waals surface area contributed by atoms with E-state index in [0.717, 1.165) is 28.2 Å². The number of amides is 1. The molecule has 2 aromatic heterocycles. The van der Waals surface area contributed by atoms with Crippen molar-refractivity contribution in [1.29, 1.82) is 0 Å². The molecule has 27 heavy (non-hydrogen) atoms. The van der Waals surface area contributed by atoms with Gasteiger partial charge >= 0.3 is 0 Å². The van der Waals surface area contributed by atoms with Crippen LogP contribution in [0, 0.1) is 6.92 Å². The van der Waals surface area contributed by atoms with Crippen molar-refractivity contribution in [2.75, 3.05) is 6.54 Å². The summed E-state index contributed by atoms with van der Waals surface area (Å²) < 4.78 is 1.75. The third kappa shape index (κ3) is 3.21. The molecule has 1 aliphatic rings. The van der Waals surface area contributed by atoms with E-state index in [9.17, 15) is 9.90 Å². The van der Waals surface area contributed by atoms with E-state index in [-0.39, 0.29) is 5.91 Å². The number of nitrogens with zero attached hydrogens (tertiary/aromatic N) is 5. The van der Waals surface area contributed by atoms with Gasteiger partial charge in [0.05, 0.1) is 23.2 Å². The third-order valence-corrected chi connectivity index (χ3v) is 4.62. The maximum Gasteiger partial charge on any atom is 0.254 e. The monoisotopic (exact) mass is 363 g/mol. The highest BCUT2D eigenvalue weighted by molar-refractivity contribution is 5.99. The minimum absolute atomic E-state index is 0.0468. The zero-order chi connectivity index (χ0) is 19.2. The highest BCUT2D eigenvalue weighted by Crippen LogP contribution is 2.30. The fourth-order valence-electron chi connectivity index (χ4n) is 3.44. The number of pyridine rings is 1. The molecule has 7 nitrogen and oxygen atoms in total. The van der Waals surface area contributed by atoms with Crippen molar-refractivity contribution in [2.24, 2.45) is 0 Å². The van der Waals surface area contributed by atoms with Crippen LogP contribution in [0.4, 0.5) is 0 Å². The quantitative estimate of drug-likeness (QED) is 0.769. The van der Waals surface area contributed by atoms with E-state index in [2.05, 4.69) is 15.3 Å². The molecule has 0 unspecified atom stereocenters. The molecule has 0 saturated carbocycles. The molecular weight excluding hydrogens is 342 g/mol. The first-order valence-corrected chi connectivity index (χ1v) is 8.81. The highest BCUT2D eigenvalue weighted by atomic mass is 16.3. The van der Waals surface area contributed by atoms with E-state index >= 15 is 0 Å². The lowest BCUT2D eigenvalue weighted by Crippen LogP contribution is -2.38. The van der Waals surface area contributed by atoms with Gasteiger partial charge in [-0.05, 0) is 50.6 Å². The van der Waals surface area contributed by atoms with E-state index in [1.807, 2.05) is 37.3 Å². The Labute approximate surface area is 157 Å². The molecule has 3 aromatic rings. The molecule has 1 aromatic carbocycles. The van der Waals surface area contributed by atoms with Crippen LogP contribution in [0.3, 0.4) is 0 Å². The number of fused-ring (bicyclic) bond motifs is 1. The smallest absolute Gasteiger partial charge is 0.254 e. The SMILES string of the molecule is Cc1c(-c2ccc3c(c2)CN(CC(C)(C)O)C3=O)nnn1-c1cccnc1. The molecule has 4 rings (SSSR count). The van der Waals surface area contributed by atoms with Crippen LogP contribution in [0.2, 0.25) is 0 Å². The fraction of sp³-hybridized carbons (Fsp3) is 0.300. The van der Waals surface area contributed by atoms with Crippen LogP contribution in [0.1, 0.15) is 35.5 Å². The predicted octanol–water partition coefficient (Wildman–Crippen LogP) is 2.36. The van der Waals surface area contributed by atoms with Crippen molar-refractivity contribution in [3.63, 3.8) is 0 Å². The first-order valence-electron chi connectivity index (χ1n) is 8.81. The van der Waals surface area contributed by atoms with Crippen molar-refractivity contribution >= 4 is 5.91 Å². The predicted molar refractivity (Wildman–Crippen MR) is 100 cm³/mol. The average Bonchev–Trinajstić information content (AvgIpc) is 3.14. The van der Waals surface area contributed by atoms with E-state index in [4.69, 9.17) is 0 Å². The van der Waals surface area contributed by atoms with Gasteiger partial charge in [0, 0.05) is 30.4 Å². The molecule has 3 heterocycles. The molecule has 0 atom stereocenters. The Bertz CT molecular complexity index is 1000. The van der Waals surface area contributed by atoms with Gasteiger partial charge in [0.15, 0.2) is 0 Å². The standard InChI is InChI=1S/C20H21N5O2/c1-13-18(22-23-25(13)16-5-4-8-21-10-16)14-6-7-17-15(9-14)11-24(19(17)26)12-20(2,3)27/h4-10,27H,11-12H2,1-3H3. The minimum Gasteiger partial charge on any atom is -0.389 e. The number of hydrogen-bond donors (Lipinski definition) is 1. The molecular formula is C20H21N5O2. The second kappa shape index (κ2) is 6.28. The number of rotatable bonds is 4. The zero-order valence-corrected chi connectivity index (χ0v) is 15.5. The molecule has 0 radical (unpaired) electrons. The number of carbonyl (C=O) groups excluding carboxylic acids is 1. The van der Waals surface area contributed by atoms with Crippen molar-refractivity contribution in [2.45, 2.75) is 32.9 Å². The first-order chi connectivity index (χ1) is 12.8. The summed E-state index contributed by atoms with van der Waals surface area (Å²) in [5.41, 5.74) is 4.14. The second-order valence-electron chi connectivity index (χ2n) is 7.49. The lowest BCUT2D eigenvalue weighted by molar-refractivity contribution is 0.0314. The molecule has 138 valence electrons. The summed E-state index contributed by atoms with van der Waals surface area (Å²) in [5, 5.41) is 18.6. The van der Waals surface area contributed by atoms with Gasteiger partial charge in [0.1, 0.15) is 5.69 Å². The van der Waals surface area contributed by atoms with Crippen LogP contribution < -0.4 is 0 Å². The van der Waals surface area contributed by atoms with Gasteiger partial charge in [-0.3, -0.25) is 9.78 Å². The zero-order valence-electron chi connectivity index (χ0n) is 15.5. The Balaban J connectivity index is 1.66. The Kier molecular flexibility index (Phi) is 4.04. The van der Waals surface area contributed by atoms with Gasteiger partial charge in [-0.2, -0.15) is 0 Å². The number of benzene rings is 1. The Morgan fingerprint density at radius 1 is 1.26 bits per heavy atom. The molecule has 0 spiro atoms. The highest BCUT2D eigenvalue weighted by Gasteiger charge is 2.31. The van der Waals surface area contributed by atoms with Gasteiger partial charge in [0.2, 0.25) is 0 Å². The topological polar surface area (TPSA) is 84.1 Å². The van der Waals surface area contributed by atoms with Crippen molar-refractivity contribution in [1.82, 2.24) is 24.9 Å². The maximum atomic E-state index is 12.6. The summed E-state index contributed by atoms with van der Waals surface area (Å²) in [4.78, 5) is 18.4. The molecule has 0 bridgehead atoms. The molecule has 0 saturated heterocycles. The van der Waals surface area contributed by atoms with Crippen LogP contribution in [0.5, 0.6) is 0 Å². The Hall–Kier alpha value is -3.06. The average molecular weight is 363 g/mol. The summed E-state index contributed by atoms with van der Waals surface area (Å²) in [6, 6.07) is 9.50. The van der Waals surface area contributed by atoms with Gasteiger partial charge in [-0.25, -0.2) is 4.68 Å². The molecule has 1 N–H and O–H groups in total. The molecule has 0 aliphatic carbocycles. The van der Waals surface area contributed by atoms with Crippen LogP contribution in [-0.4, -0.2) is 48.0 Å². The van der Waals surface area contributed by atoms with E-state index in [0.29, 0.717) is 18.7 Å². The summed E-state index contributed by atoms with van der Waals surface area (Å²) in [6.07, 6.45) is 3.45.